The molecule has 11 nitrogen and oxygen atoms in total. The number of hydrogen-bond donors (Lipinski definition) is 3. The van der Waals surface area contributed by atoms with Crippen LogP contribution >= 0.6 is 0 Å². The fourth-order valence-corrected chi connectivity index (χ4v) is 3.59. The molecule has 0 unspecified atom stereocenters. The van der Waals surface area contributed by atoms with E-state index in [0.717, 1.165) is 25.9 Å². The third-order valence-corrected chi connectivity index (χ3v) is 4.99. The van der Waals surface area contributed by atoms with E-state index in [9.17, 15) is 24.5 Å². The summed E-state index contributed by atoms with van der Waals surface area (Å²) >= 11 is 0. The number of non-ortho nitro benzene ring substituents is 1. The van der Waals surface area contributed by atoms with Crippen molar-refractivity contribution in [2.24, 2.45) is 0 Å². The second kappa shape index (κ2) is 7.34. The zero-order valence-corrected chi connectivity index (χ0v) is 15.3. The molecule has 1 fully saturated rings. The minimum atomic E-state index is -1.05. The van der Waals surface area contributed by atoms with E-state index < -0.39 is 28.2 Å². The molecule has 29 heavy (non-hydrogen) atoms. The third kappa shape index (κ3) is 3.66. The normalized spacial score (nSPS) is 18.1. The molecule has 1 saturated heterocycles. The Balaban J connectivity index is 1.64. The summed E-state index contributed by atoms with van der Waals surface area (Å²) in [4.78, 5) is 57.0. The van der Waals surface area contributed by atoms with Gasteiger partial charge in [-0.05, 0) is 18.9 Å². The first-order valence-electron chi connectivity index (χ1n) is 9.16. The Morgan fingerprint density at radius 3 is 2.76 bits per heavy atom. The molecule has 1 aromatic heterocycles. The molecule has 2 aliphatic rings. The van der Waals surface area contributed by atoms with Crippen LogP contribution in [-0.4, -0.2) is 39.8 Å². The van der Waals surface area contributed by atoms with Crippen LogP contribution in [0.15, 0.2) is 29.1 Å². The van der Waals surface area contributed by atoms with Crippen molar-refractivity contribution >= 4 is 35.0 Å². The molecule has 4 rings (SSSR count). The van der Waals surface area contributed by atoms with Crippen LogP contribution in [0.1, 0.15) is 30.7 Å². The molecular weight excluding hydrogens is 380 g/mol. The number of benzene rings is 1. The van der Waals surface area contributed by atoms with Gasteiger partial charge in [0.25, 0.3) is 11.2 Å². The molecular formula is C18H18N6O5. The molecule has 1 aromatic carbocycles. The van der Waals surface area contributed by atoms with Crippen LogP contribution in [0.5, 0.6) is 0 Å². The van der Waals surface area contributed by atoms with E-state index in [2.05, 4.69) is 20.6 Å². The minimum Gasteiger partial charge on any atom is -0.342 e. The lowest BCUT2D eigenvalue weighted by Crippen LogP contribution is -2.37. The number of anilines is 3. The maximum absolute atomic E-state index is 12.8. The van der Waals surface area contributed by atoms with E-state index in [-0.39, 0.29) is 29.2 Å². The summed E-state index contributed by atoms with van der Waals surface area (Å²) in [5.41, 5.74) is -0.388. The lowest BCUT2D eigenvalue weighted by atomic mass is 9.92. The number of fused-ring (bicyclic) bond motifs is 1. The van der Waals surface area contributed by atoms with Crippen LogP contribution in [0.3, 0.4) is 0 Å². The Labute approximate surface area is 164 Å². The second-order valence-electron chi connectivity index (χ2n) is 6.95. The first-order chi connectivity index (χ1) is 13.9. The molecule has 2 amide bonds. The minimum absolute atomic E-state index is 0.0751. The highest BCUT2D eigenvalue weighted by molar-refractivity contribution is 6.04. The Hall–Kier alpha value is -3.76. The van der Waals surface area contributed by atoms with Crippen LogP contribution < -0.4 is 21.1 Å². The second-order valence-corrected chi connectivity index (χ2v) is 6.95. The standard InChI is InChI=1S/C18H18N6O5/c25-13-9-12(16(26)19-10-4-3-5-11(8-10)24(28)29)14-15(20-13)21-18(22-17(14)27)23-6-1-2-7-23/h3-5,8,12H,1-2,6-7,9H2,(H,19,26)(H2,20,21,22,25,27)/t12-/m0/s1. The summed E-state index contributed by atoms with van der Waals surface area (Å²) in [6.07, 6.45) is 1.75. The highest BCUT2D eigenvalue weighted by Gasteiger charge is 2.35. The summed E-state index contributed by atoms with van der Waals surface area (Å²) in [5.74, 6) is -1.65. The lowest BCUT2D eigenvalue weighted by Gasteiger charge is -2.25. The number of aromatic nitrogens is 2. The average molecular weight is 398 g/mol. The van der Waals surface area contributed by atoms with Gasteiger partial charge < -0.3 is 15.5 Å². The van der Waals surface area contributed by atoms with E-state index in [1.807, 2.05) is 4.90 Å². The molecule has 0 bridgehead atoms. The Bertz CT molecular complexity index is 1060. The van der Waals surface area contributed by atoms with Crippen molar-refractivity contribution in [2.45, 2.75) is 25.2 Å². The van der Waals surface area contributed by atoms with E-state index in [0.29, 0.717) is 5.95 Å². The van der Waals surface area contributed by atoms with Gasteiger partial charge in [0.2, 0.25) is 17.8 Å². The molecule has 2 aliphatic heterocycles. The van der Waals surface area contributed by atoms with Crippen molar-refractivity contribution in [1.29, 1.82) is 0 Å². The van der Waals surface area contributed by atoms with E-state index in [4.69, 9.17) is 0 Å². The number of nitrogens with zero attached hydrogens (tertiary/aromatic N) is 3. The lowest BCUT2D eigenvalue weighted by molar-refractivity contribution is -0.384. The molecule has 1 atom stereocenters. The number of carbonyl (C=O) groups is 2. The predicted molar refractivity (Wildman–Crippen MR) is 104 cm³/mol. The quantitative estimate of drug-likeness (QED) is 0.519. The van der Waals surface area contributed by atoms with E-state index in [1.165, 1.54) is 24.3 Å². The zero-order valence-electron chi connectivity index (χ0n) is 15.3. The van der Waals surface area contributed by atoms with Gasteiger partial charge in [-0.15, -0.1) is 0 Å². The number of H-pyrrole nitrogens is 1. The number of nitro benzene ring substituents is 1. The Morgan fingerprint density at radius 2 is 2.03 bits per heavy atom. The summed E-state index contributed by atoms with van der Waals surface area (Å²) in [6, 6.07) is 5.44. The fourth-order valence-electron chi connectivity index (χ4n) is 3.59. The van der Waals surface area contributed by atoms with Gasteiger partial charge in [0.1, 0.15) is 5.82 Å². The first kappa shape index (κ1) is 18.6. The number of amides is 2. The molecule has 0 radical (unpaired) electrons. The van der Waals surface area contributed by atoms with Crippen molar-refractivity contribution in [3.8, 4) is 0 Å². The number of aromatic amines is 1. The number of rotatable bonds is 4. The van der Waals surface area contributed by atoms with Gasteiger partial charge in [-0.3, -0.25) is 29.5 Å². The third-order valence-electron chi connectivity index (χ3n) is 4.99. The summed E-state index contributed by atoms with van der Waals surface area (Å²) in [5, 5.41) is 16.0. The van der Waals surface area contributed by atoms with Crippen molar-refractivity contribution in [2.75, 3.05) is 28.6 Å². The molecule has 0 spiro atoms. The summed E-state index contributed by atoms with van der Waals surface area (Å²) < 4.78 is 0. The first-order valence-corrected chi connectivity index (χ1v) is 9.16. The van der Waals surface area contributed by atoms with Crippen LogP contribution in [0.2, 0.25) is 0 Å². The van der Waals surface area contributed by atoms with Gasteiger partial charge in [0.15, 0.2) is 0 Å². The number of nitrogens with one attached hydrogen (secondary N) is 3. The van der Waals surface area contributed by atoms with Gasteiger partial charge in [0.05, 0.1) is 16.4 Å². The maximum atomic E-state index is 12.8. The predicted octanol–water partition coefficient (Wildman–Crippen LogP) is 1.34. The summed E-state index contributed by atoms with van der Waals surface area (Å²) in [6.45, 7) is 1.51. The maximum Gasteiger partial charge on any atom is 0.271 e. The van der Waals surface area contributed by atoms with Crippen LogP contribution in [0.25, 0.3) is 0 Å². The van der Waals surface area contributed by atoms with Crippen molar-refractivity contribution in [3.63, 3.8) is 0 Å². The van der Waals surface area contributed by atoms with Crippen molar-refractivity contribution in [1.82, 2.24) is 9.97 Å². The van der Waals surface area contributed by atoms with Crippen LogP contribution in [0.4, 0.5) is 23.1 Å². The molecule has 11 heteroatoms. The van der Waals surface area contributed by atoms with Gasteiger partial charge in [0, 0.05) is 37.3 Å². The SMILES string of the molecule is O=C1C[C@H](C(=O)Nc2cccc([N+](=O)[O-])c2)c2c(nc(N3CCCC3)[nH]c2=O)N1. The monoisotopic (exact) mass is 398 g/mol. The van der Waals surface area contributed by atoms with Gasteiger partial charge in [-0.25, -0.2) is 0 Å². The van der Waals surface area contributed by atoms with Crippen LogP contribution in [0, 0.1) is 10.1 Å². The van der Waals surface area contributed by atoms with Crippen molar-refractivity contribution < 1.29 is 14.5 Å². The molecule has 0 saturated carbocycles. The number of hydrogen-bond acceptors (Lipinski definition) is 7. The van der Waals surface area contributed by atoms with Gasteiger partial charge in [-0.1, -0.05) is 6.07 Å². The highest BCUT2D eigenvalue weighted by Crippen LogP contribution is 2.31. The number of nitro groups is 1. The molecule has 2 aromatic rings. The van der Waals surface area contributed by atoms with Gasteiger partial charge >= 0.3 is 0 Å². The van der Waals surface area contributed by atoms with E-state index >= 15 is 0 Å². The summed E-state index contributed by atoms with van der Waals surface area (Å²) in [7, 11) is 0. The number of carbonyl (C=O) groups excluding carboxylic acids is 2. The van der Waals surface area contributed by atoms with Gasteiger partial charge in [-0.2, -0.15) is 4.98 Å². The highest BCUT2D eigenvalue weighted by atomic mass is 16.6. The molecule has 3 heterocycles. The Kier molecular flexibility index (Phi) is 4.71. The fraction of sp³-hybridized carbons (Fsp3) is 0.333. The largest absolute Gasteiger partial charge is 0.342 e. The topological polar surface area (TPSA) is 150 Å². The Morgan fingerprint density at radius 1 is 1.28 bits per heavy atom. The van der Waals surface area contributed by atoms with Crippen LogP contribution in [-0.2, 0) is 9.59 Å². The smallest absolute Gasteiger partial charge is 0.271 e. The zero-order chi connectivity index (χ0) is 20.5. The molecule has 3 N–H and O–H groups in total. The molecule has 150 valence electrons. The molecule has 0 aliphatic carbocycles. The average Bonchev–Trinajstić information content (AvgIpc) is 3.22. The van der Waals surface area contributed by atoms with Crippen molar-refractivity contribution in [3.05, 3.63) is 50.3 Å². The van der Waals surface area contributed by atoms with E-state index in [1.54, 1.807) is 0 Å².